The predicted octanol–water partition coefficient (Wildman–Crippen LogP) is 17.3. The van der Waals surface area contributed by atoms with Gasteiger partial charge in [-0.05, 0) is 244 Å². The van der Waals surface area contributed by atoms with E-state index in [2.05, 4.69) is 77.8 Å². The van der Waals surface area contributed by atoms with Gasteiger partial charge in [-0.1, -0.05) is 108 Å². The van der Waals surface area contributed by atoms with E-state index in [-0.39, 0.29) is 41.5 Å². The number of halogens is 4. The van der Waals surface area contributed by atoms with Crippen LogP contribution in [-0.2, 0) is 70.7 Å². The fourth-order valence-electron chi connectivity index (χ4n) is 17.1. The van der Waals surface area contributed by atoms with Crippen LogP contribution in [0.3, 0.4) is 0 Å². The number of alkyl halides is 1. The fourth-order valence-corrected chi connectivity index (χ4v) is 18.1. The van der Waals surface area contributed by atoms with Crippen molar-refractivity contribution in [1.82, 2.24) is 53.7 Å². The number of ether oxygens (including phenoxy) is 2. The van der Waals surface area contributed by atoms with Crippen LogP contribution in [-0.4, -0.2) is 141 Å². The number of rotatable bonds is 12. The zero-order chi connectivity index (χ0) is 76.5. The van der Waals surface area contributed by atoms with Crippen LogP contribution in [0.15, 0.2) is 183 Å². The number of amides is 4. The summed E-state index contributed by atoms with van der Waals surface area (Å²) in [6.07, 6.45) is 27.5. The van der Waals surface area contributed by atoms with Gasteiger partial charge in [-0.15, -0.1) is 11.6 Å². The van der Waals surface area contributed by atoms with Gasteiger partial charge in [-0.25, -0.2) is 19.6 Å². The molecule has 2 N–H and O–H groups in total. The summed E-state index contributed by atoms with van der Waals surface area (Å²) in [6.45, 7) is 7.75. The highest BCUT2D eigenvalue weighted by atomic mass is 35.5. The van der Waals surface area contributed by atoms with E-state index in [1.807, 2.05) is 145 Å². The van der Waals surface area contributed by atoms with Crippen molar-refractivity contribution in [3.8, 4) is 0 Å². The maximum absolute atomic E-state index is 14.2. The molecule has 0 spiro atoms. The molecule has 4 fully saturated rings. The number of nitrogens with one attached hydrogen (secondary N) is 2. The molecular weight excluding hydrogens is 1480 g/mol. The number of imidazole rings is 2. The lowest BCUT2D eigenvalue weighted by Gasteiger charge is -2.43. The van der Waals surface area contributed by atoms with Crippen molar-refractivity contribution in [2.24, 2.45) is 0 Å². The van der Waals surface area contributed by atoms with Crippen LogP contribution in [0.25, 0.3) is 0 Å². The molecule has 5 aromatic heterocycles. The molecule has 4 amide bonds. The second kappa shape index (κ2) is 35.5. The molecule has 19 nitrogen and oxygen atoms in total. The third kappa shape index (κ3) is 18.5. The molecule has 10 aromatic rings. The Kier molecular flexibility index (Phi) is 24.6. The first-order valence-electron chi connectivity index (χ1n) is 39.1. The smallest absolute Gasteiger partial charge is 0.410 e. The molecule has 17 rings (SSSR count). The molecule has 5 atom stereocenters. The van der Waals surface area contributed by atoms with Crippen LogP contribution in [0.2, 0.25) is 15.1 Å². The Labute approximate surface area is 669 Å². The van der Waals surface area contributed by atoms with Crippen LogP contribution in [0.5, 0.6) is 0 Å². The summed E-state index contributed by atoms with van der Waals surface area (Å²) in [6, 6.07) is 44.2. The zero-order valence-corrected chi connectivity index (χ0v) is 65.7. The predicted molar refractivity (Wildman–Crippen MR) is 434 cm³/mol. The lowest BCUT2D eigenvalue weighted by molar-refractivity contribution is -0.124. The van der Waals surface area contributed by atoms with E-state index in [0.717, 1.165) is 151 Å². The standard InChI is InChI=1S/2C37H41ClN6O3.C14H11Cl2N/c2*1-25-21-42(24-40-25)22-26-7-5-9-30(19-26)41-36(45)33-23-43(17-18-44(33)37(46)47-31-10-3-2-4-11-31)35-32-15-14-29(38)20-28(32)13-12-27-8-6-16-39-34(27)35;15-11-5-6-12-10(8-11)4-3-9-2-1-7-17-14(9)13(12)16/h2*5-9,14-16,19-21,24,31,33,35H,2-4,10-13,17-18,22-23H2,1H3,(H,41,45);1-2,5-8,13H,3-4H2/t33?,35-;;/m1../s1. The topological polar surface area (TPSA) is 198 Å². The van der Waals surface area contributed by atoms with E-state index in [0.29, 0.717) is 73.8 Å². The summed E-state index contributed by atoms with van der Waals surface area (Å²) in [4.78, 5) is 86.7. The molecule has 0 radical (unpaired) electrons. The molecule has 4 unspecified atom stereocenters. The molecule has 5 aliphatic carbocycles. The van der Waals surface area contributed by atoms with Gasteiger partial charge in [0, 0.05) is 110 Å². The molecule has 23 heteroatoms. The number of carbonyl (C=O) groups is 4. The van der Waals surface area contributed by atoms with E-state index in [1.165, 1.54) is 46.2 Å². The Balaban J connectivity index is 0.000000145. The van der Waals surface area contributed by atoms with E-state index in [9.17, 15) is 19.2 Å². The summed E-state index contributed by atoms with van der Waals surface area (Å²) >= 11 is 25.5. The zero-order valence-electron chi connectivity index (χ0n) is 62.7. The van der Waals surface area contributed by atoms with Crippen LogP contribution >= 0.6 is 46.4 Å². The number of carbonyl (C=O) groups excluding carboxylic acids is 4. The minimum atomic E-state index is -0.758. The maximum atomic E-state index is 14.2. The third-order valence-corrected chi connectivity index (χ3v) is 23.8. The number of benzene rings is 5. The number of aryl methyl sites for hydroxylation is 8. The summed E-state index contributed by atoms with van der Waals surface area (Å²) in [7, 11) is 0. The van der Waals surface area contributed by atoms with Crippen molar-refractivity contribution in [3.63, 3.8) is 0 Å². The second-order valence-corrected chi connectivity index (χ2v) is 32.0. The summed E-state index contributed by atoms with van der Waals surface area (Å²) in [5.41, 5.74) is 19.0. The Morgan fingerprint density at radius 1 is 0.432 bits per heavy atom. The Morgan fingerprint density at radius 3 is 1.23 bits per heavy atom. The van der Waals surface area contributed by atoms with Gasteiger partial charge in [0.2, 0.25) is 11.8 Å². The number of fused-ring (bicyclic) bond motifs is 6. The van der Waals surface area contributed by atoms with E-state index >= 15 is 0 Å². The Morgan fingerprint density at radius 2 is 0.820 bits per heavy atom. The number of pyridine rings is 3. The van der Waals surface area contributed by atoms with Crippen molar-refractivity contribution in [3.05, 3.63) is 288 Å². The van der Waals surface area contributed by atoms with Gasteiger partial charge in [0.15, 0.2) is 0 Å². The number of aromatic nitrogens is 7. The van der Waals surface area contributed by atoms with Gasteiger partial charge in [0.25, 0.3) is 0 Å². The Bertz CT molecular complexity index is 4730. The molecule has 2 aliphatic heterocycles. The highest BCUT2D eigenvalue weighted by molar-refractivity contribution is 6.31. The molecule has 5 aromatic carbocycles. The van der Waals surface area contributed by atoms with Crippen molar-refractivity contribution >= 4 is 81.8 Å². The highest BCUT2D eigenvalue weighted by Crippen LogP contribution is 2.42. The number of anilines is 2. The molecule has 111 heavy (non-hydrogen) atoms. The third-order valence-electron chi connectivity index (χ3n) is 22.6. The molecule has 0 bridgehead atoms. The second-order valence-electron chi connectivity index (χ2n) is 30.3. The van der Waals surface area contributed by atoms with Crippen molar-refractivity contribution in [2.45, 2.75) is 171 Å². The molecular formula is C88H93Cl4N13O6. The number of hydrogen-bond acceptors (Lipinski definition) is 13. The lowest BCUT2D eigenvalue weighted by Crippen LogP contribution is -2.60. The largest absolute Gasteiger partial charge is 0.446 e. The van der Waals surface area contributed by atoms with Crippen LogP contribution in [0.4, 0.5) is 21.0 Å². The van der Waals surface area contributed by atoms with E-state index in [1.54, 1.807) is 28.7 Å². The maximum Gasteiger partial charge on any atom is 0.410 e. The first-order chi connectivity index (χ1) is 54.1. The first-order valence-corrected chi connectivity index (χ1v) is 40.6. The summed E-state index contributed by atoms with van der Waals surface area (Å²) in [5.74, 6) is -0.478. The molecule has 2 saturated heterocycles. The summed E-state index contributed by atoms with van der Waals surface area (Å²) < 4.78 is 16.1. The van der Waals surface area contributed by atoms with Crippen LogP contribution < -0.4 is 10.6 Å². The average Bonchev–Trinajstić information content (AvgIpc) is 1.76. The minimum Gasteiger partial charge on any atom is -0.446 e. The average molecular weight is 1570 g/mol. The molecule has 574 valence electrons. The minimum absolute atomic E-state index is 0.101. The summed E-state index contributed by atoms with van der Waals surface area (Å²) in [5, 5.41) is 8.30. The first kappa shape index (κ1) is 76.9. The fraction of sp³-hybridized carbons (Fsp3) is 0.375. The van der Waals surface area contributed by atoms with Gasteiger partial charge in [0.1, 0.15) is 29.7 Å². The van der Waals surface area contributed by atoms with Crippen molar-refractivity contribution < 1.29 is 28.7 Å². The number of hydrogen-bond donors (Lipinski definition) is 2. The Hall–Kier alpha value is -9.47. The van der Waals surface area contributed by atoms with Gasteiger partial charge in [0.05, 0.1) is 53.2 Å². The van der Waals surface area contributed by atoms with E-state index < -0.39 is 24.3 Å². The van der Waals surface area contributed by atoms with E-state index in [4.69, 9.17) is 65.8 Å². The normalized spacial score (nSPS) is 19.9. The number of nitrogens with zero attached hydrogens (tertiary/aromatic N) is 11. The van der Waals surface area contributed by atoms with Gasteiger partial charge >= 0.3 is 12.2 Å². The lowest BCUT2D eigenvalue weighted by atomic mass is 9.95. The molecule has 2 saturated carbocycles. The van der Waals surface area contributed by atoms with Gasteiger partial charge in [-0.2, -0.15) is 0 Å². The number of piperazine rings is 2. The van der Waals surface area contributed by atoms with Crippen LogP contribution in [0.1, 0.15) is 171 Å². The molecule has 7 aliphatic rings. The molecule has 7 heterocycles. The quantitative estimate of drug-likeness (QED) is 0.110. The highest BCUT2D eigenvalue weighted by Gasteiger charge is 2.44. The van der Waals surface area contributed by atoms with Crippen LogP contribution in [0, 0.1) is 13.8 Å². The van der Waals surface area contributed by atoms with Gasteiger partial charge < -0.3 is 29.2 Å². The van der Waals surface area contributed by atoms with Crippen molar-refractivity contribution in [2.75, 3.05) is 49.9 Å². The van der Waals surface area contributed by atoms with Gasteiger partial charge in [-0.3, -0.25) is 44.1 Å². The monoisotopic (exact) mass is 1570 g/mol. The van der Waals surface area contributed by atoms with Crippen molar-refractivity contribution in [1.29, 1.82) is 0 Å². The SMILES string of the molecule is Cc1cn(Cc2cccc(NC(=O)C3CN(C4c5ccc(Cl)cc5CCc5cccnc54)CCN3C(=O)OC3CCCCC3)c2)cn1.Cc1cn(Cc2cccc(NC(=O)C3CN([C@@H]4c5ccc(Cl)cc5CCc5cccnc54)CCN3C(=O)OC3CCCCC3)c2)cn1.Clc1ccc2c(c1)CCc1cccnc1C2Cl.